The Bertz CT molecular complexity index is 560. The summed E-state index contributed by atoms with van der Waals surface area (Å²) in [5.74, 6) is 0. The number of aromatic nitrogens is 1. The molecule has 1 nitrogen and oxygen atoms in total. The zero-order valence-corrected chi connectivity index (χ0v) is 12.7. The van der Waals surface area contributed by atoms with Crippen LogP contribution in [0, 0.1) is 0 Å². The van der Waals surface area contributed by atoms with Crippen molar-refractivity contribution in [3.8, 4) is 22.4 Å². The monoisotopic (exact) mass is 359 g/mol. The summed E-state index contributed by atoms with van der Waals surface area (Å²) >= 11 is 0. The van der Waals surface area contributed by atoms with E-state index in [-0.39, 0.29) is 24.0 Å². The summed E-state index contributed by atoms with van der Waals surface area (Å²) in [4.78, 5) is 4.53. The number of benzene rings is 2. The lowest BCUT2D eigenvalue weighted by Gasteiger charge is -2.03. The van der Waals surface area contributed by atoms with Gasteiger partial charge in [-0.05, 0) is 11.6 Å². The van der Waals surface area contributed by atoms with Crippen LogP contribution < -0.4 is 0 Å². The summed E-state index contributed by atoms with van der Waals surface area (Å²) in [7, 11) is 0. The van der Waals surface area contributed by atoms with Gasteiger partial charge in [-0.1, -0.05) is 66.7 Å². The molecule has 2 heteroatoms. The Balaban J connectivity index is 0.00000133. The molecule has 3 rings (SSSR count). The minimum atomic E-state index is 0. The molecular formula is C17H14IN. The van der Waals surface area contributed by atoms with Crippen LogP contribution in [0.3, 0.4) is 0 Å². The summed E-state index contributed by atoms with van der Waals surface area (Å²) in [6.45, 7) is 0. The second-order valence-corrected chi connectivity index (χ2v) is 4.16. The number of hydrogen-bond donors (Lipinski definition) is 0. The van der Waals surface area contributed by atoms with Gasteiger partial charge in [0, 0.05) is 17.3 Å². The normalized spacial score (nSPS) is 9.68. The highest BCUT2D eigenvalue weighted by atomic mass is 127. The van der Waals surface area contributed by atoms with Crippen LogP contribution in [0.1, 0.15) is 0 Å². The van der Waals surface area contributed by atoms with E-state index in [1.807, 2.05) is 42.6 Å². The van der Waals surface area contributed by atoms with Crippen LogP contribution in [0.2, 0.25) is 0 Å². The van der Waals surface area contributed by atoms with E-state index in [1.54, 1.807) is 0 Å². The molecule has 0 N–H and O–H groups in total. The van der Waals surface area contributed by atoms with Gasteiger partial charge in [0.2, 0.25) is 0 Å². The maximum Gasteiger partial charge on any atom is 0.0702 e. The lowest BCUT2D eigenvalue weighted by atomic mass is 10.1. The van der Waals surface area contributed by atoms with E-state index in [4.69, 9.17) is 0 Å². The van der Waals surface area contributed by atoms with Crippen LogP contribution in [0.25, 0.3) is 22.4 Å². The van der Waals surface area contributed by atoms with Gasteiger partial charge in [-0.25, -0.2) is 0 Å². The van der Waals surface area contributed by atoms with Crippen molar-refractivity contribution in [3.63, 3.8) is 0 Å². The van der Waals surface area contributed by atoms with Crippen LogP contribution in [-0.4, -0.2) is 4.98 Å². The summed E-state index contributed by atoms with van der Waals surface area (Å²) in [5, 5.41) is 0. The molecule has 2 aromatic carbocycles. The van der Waals surface area contributed by atoms with E-state index in [0.29, 0.717) is 0 Å². The van der Waals surface area contributed by atoms with Crippen molar-refractivity contribution >= 4 is 24.0 Å². The highest BCUT2D eigenvalue weighted by molar-refractivity contribution is 14.0. The van der Waals surface area contributed by atoms with E-state index in [0.717, 1.165) is 16.8 Å². The van der Waals surface area contributed by atoms with Crippen LogP contribution in [0.15, 0.2) is 79.0 Å². The molecule has 0 atom stereocenters. The SMILES string of the molecule is I.c1ccc(-c2ccc(-c3ccccc3)nc2)cc1. The van der Waals surface area contributed by atoms with Gasteiger partial charge >= 0.3 is 0 Å². The Morgan fingerprint density at radius 2 is 1.11 bits per heavy atom. The Morgan fingerprint density at radius 3 is 1.63 bits per heavy atom. The van der Waals surface area contributed by atoms with Crippen molar-refractivity contribution in [3.05, 3.63) is 79.0 Å². The molecule has 0 unspecified atom stereocenters. The Labute approximate surface area is 130 Å². The van der Waals surface area contributed by atoms with Crippen molar-refractivity contribution in [2.75, 3.05) is 0 Å². The molecule has 0 aliphatic heterocycles. The first-order valence-electron chi connectivity index (χ1n) is 6.00. The number of rotatable bonds is 2. The zero-order valence-electron chi connectivity index (χ0n) is 10.4. The molecule has 0 fully saturated rings. The Hall–Kier alpha value is -1.68. The highest BCUT2D eigenvalue weighted by Crippen LogP contribution is 2.21. The van der Waals surface area contributed by atoms with Gasteiger partial charge in [0.15, 0.2) is 0 Å². The standard InChI is InChI=1S/C17H13N.HI/c1-3-7-14(8-4-1)16-11-12-17(18-13-16)15-9-5-2-6-10-15;/h1-13H;1H. The minimum absolute atomic E-state index is 0. The van der Waals surface area contributed by atoms with Crippen LogP contribution in [0.5, 0.6) is 0 Å². The quantitative estimate of drug-likeness (QED) is 0.585. The van der Waals surface area contributed by atoms with Gasteiger partial charge in [-0.3, -0.25) is 4.98 Å². The molecular weight excluding hydrogens is 345 g/mol. The van der Waals surface area contributed by atoms with E-state index < -0.39 is 0 Å². The summed E-state index contributed by atoms with van der Waals surface area (Å²) < 4.78 is 0. The van der Waals surface area contributed by atoms with Gasteiger partial charge in [0.1, 0.15) is 0 Å². The van der Waals surface area contributed by atoms with Crippen molar-refractivity contribution in [2.45, 2.75) is 0 Å². The second kappa shape index (κ2) is 6.48. The Kier molecular flexibility index (Phi) is 4.68. The molecule has 0 spiro atoms. The number of pyridine rings is 1. The van der Waals surface area contributed by atoms with E-state index in [1.165, 1.54) is 5.56 Å². The maximum atomic E-state index is 4.53. The smallest absolute Gasteiger partial charge is 0.0702 e. The average Bonchev–Trinajstić information content (AvgIpc) is 2.49. The average molecular weight is 359 g/mol. The molecule has 0 aliphatic rings. The molecule has 0 saturated carbocycles. The number of halogens is 1. The largest absolute Gasteiger partial charge is 0.256 e. The molecule has 0 radical (unpaired) electrons. The summed E-state index contributed by atoms with van der Waals surface area (Å²) in [6.07, 6.45) is 1.93. The van der Waals surface area contributed by atoms with Crippen molar-refractivity contribution in [2.24, 2.45) is 0 Å². The molecule has 1 aromatic heterocycles. The molecule has 1 heterocycles. The lowest BCUT2D eigenvalue weighted by Crippen LogP contribution is -1.84. The highest BCUT2D eigenvalue weighted by Gasteiger charge is 2.00. The summed E-state index contributed by atoms with van der Waals surface area (Å²) in [5.41, 5.74) is 4.51. The van der Waals surface area contributed by atoms with E-state index >= 15 is 0 Å². The van der Waals surface area contributed by atoms with Gasteiger partial charge in [-0.2, -0.15) is 0 Å². The van der Waals surface area contributed by atoms with Crippen LogP contribution >= 0.6 is 24.0 Å². The molecule has 94 valence electrons. The molecule has 19 heavy (non-hydrogen) atoms. The lowest BCUT2D eigenvalue weighted by molar-refractivity contribution is 1.32. The predicted molar refractivity (Wildman–Crippen MR) is 90.5 cm³/mol. The predicted octanol–water partition coefficient (Wildman–Crippen LogP) is 5.03. The van der Waals surface area contributed by atoms with Gasteiger partial charge in [-0.15, -0.1) is 24.0 Å². The number of nitrogens with zero attached hydrogens (tertiary/aromatic N) is 1. The van der Waals surface area contributed by atoms with Crippen LogP contribution in [-0.2, 0) is 0 Å². The topological polar surface area (TPSA) is 12.9 Å². The van der Waals surface area contributed by atoms with Gasteiger partial charge in [0.05, 0.1) is 5.69 Å². The third kappa shape index (κ3) is 3.20. The second-order valence-electron chi connectivity index (χ2n) is 4.16. The molecule has 0 saturated heterocycles. The third-order valence-corrected chi connectivity index (χ3v) is 2.94. The molecule has 0 bridgehead atoms. The first kappa shape index (κ1) is 13.7. The minimum Gasteiger partial charge on any atom is -0.256 e. The molecule has 3 aromatic rings. The maximum absolute atomic E-state index is 4.53. The molecule has 0 amide bonds. The first-order chi connectivity index (χ1) is 8.93. The fraction of sp³-hybridized carbons (Fsp3) is 0. The molecule has 0 aliphatic carbocycles. The third-order valence-electron chi connectivity index (χ3n) is 2.94. The van der Waals surface area contributed by atoms with Gasteiger partial charge in [0.25, 0.3) is 0 Å². The van der Waals surface area contributed by atoms with E-state index in [2.05, 4.69) is 41.4 Å². The van der Waals surface area contributed by atoms with Gasteiger partial charge < -0.3 is 0 Å². The van der Waals surface area contributed by atoms with Crippen molar-refractivity contribution in [1.82, 2.24) is 4.98 Å². The van der Waals surface area contributed by atoms with Crippen LogP contribution in [0.4, 0.5) is 0 Å². The van der Waals surface area contributed by atoms with Crippen molar-refractivity contribution in [1.29, 1.82) is 0 Å². The number of hydrogen-bond acceptors (Lipinski definition) is 1. The van der Waals surface area contributed by atoms with Crippen molar-refractivity contribution < 1.29 is 0 Å². The fourth-order valence-corrected chi connectivity index (χ4v) is 1.97. The first-order valence-corrected chi connectivity index (χ1v) is 6.00. The Morgan fingerprint density at radius 1 is 0.526 bits per heavy atom. The van der Waals surface area contributed by atoms with E-state index in [9.17, 15) is 0 Å². The fourth-order valence-electron chi connectivity index (χ4n) is 1.97. The zero-order chi connectivity index (χ0) is 12.2. The summed E-state index contributed by atoms with van der Waals surface area (Å²) in [6, 6.07) is 24.7.